The molecule has 0 aliphatic carbocycles. The zero-order valence-corrected chi connectivity index (χ0v) is 14.7. The summed E-state index contributed by atoms with van der Waals surface area (Å²) in [6.07, 6.45) is 1.74. The fraction of sp³-hybridized carbons (Fsp3) is 0.0588. The Morgan fingerprint density at radius 2 is 1.88 bits per heavy atom. The number of benzene rings is 1. The van der Waals surface area contributed by atoms with Gasteiger partial charge in [0.25, 0.3) is 11.5 Å². The Morgan fingerprint density at radius 3 is 2.50 bits per heavy atom. The molecule has 24 heavy (non-hydrogen) atoms. The van der Waals surface area contributed by atoms with Crippen LogP contribution in [0.25, 0.3) is 0 Å². The van der Waals surface area contributed by atoms with Crippen LogP contribution in [0.1, 0.15) is 15.9 Å². The molecule has 2 heterocycles. The van der Waals surface area contributed by atoms with Crippen LogP contribution in [0.15, 0.2) is 59.5 Å². The fourth-order valence-corrected chi connectivity index (χ4v) is 3.63. The molecule has 0 atom stereocenters. The van der Waals surface area contributed by atoms with Crippen molar-refractivity contribution in [2.75, 3.05) is 5.32 Å². The Labute approximate surface area is 152 Å². The number of nitrogens with one attached hydrogen (secondary N) is 1. The molecule has 0 saturated heterocycles. The predicted octanol–water partition coefficient (Wildman–Crippen LogP) is 4.52. The largest absolute Gasteiger partial charge is 0.322 e. The highest BCUT2D eigenvalue weighted by Gasteiger charge is 2.14. The van der Waals surface area contributed by atoms with Gasteiger partial charge in [-0.05, 0) is 29.8 Å². The Hall–Kier alpha value is -2.08. The van der Waals surface area contributed by atoms with E-state index in [4.69, 9.17) is 23.2 Å². The first-order chi connectivity index (χ1) is 11.5. The number of pyridine rings is 1. The van der Waals surface area contributed by atoms with E-state index >= 15 is 0 Å². The molecule has 122 valence electrons. The Kier molecular flexibility index (Phi) is 5.04. The molecule has 4 nitrogen and oxygen atoms in total. The van der Waals surface area contributed by atoms with Crippen molar-refractivity contribution in [2.45, 2.75) is 6.54 Å². The summed E-state index contributed by atoms with van der Waals surface area (Å²) >= 11 is 13.0. The fourth-order valence-electron chi connectivity index (χ4n) is 2.17. The van der Waals surface area contributed by atoms with Gasteiger partial charge in [0, 0.05) is 18.0 Å². The normalized spacial score (nSPS) is 10.6. The maximum absolute atomic E-state index is 12.2. The highest BCUT2D eigenvalue weighted by Crippen LogP contribution is 2.31. The number of thiophene rings is 1. The highest BCUT2D eigenvalue weighted by atomic mass is 35.5. The van der Waals surface area contributed by atoms with Crippen LogP contribution in [0.3, 0.4) is 0 Å². The van der Waals surface area contributed by atoms with Gasteiger partial charge in [-0.3, -0.25) is 9.59 Å². The average molecular weight is 379 g/mol. The maximum Gasteiger partial charge on any atom is 0.258 e. The minimum absolute atomic E-state index is 0.0566. The number of halogens is 2. The van der Waals surface area contributed by atoms with Crippen LogP contribution < -0.4 is 10.9 Å². The summed E-state index contributed by atoms with van der Waals surface area (Å²) in [5, 5.41) is 2.77. The summed E-state index contributed by atoms with van der Waals surface area (Å²) in [5.74, 6) is -0.310. The van der Waals surface area contributed by atoms with Crippen LogP contribution in [-0.4, -0.2) is 10.5 Å². The summed E-state index contributed by atoms with van der Waals surface area (Å²) in [7, 11) is 0. The second-order valence-corrected chi connectivity index (χ2v) is 7.34. The van der Waals surface area contributed by atoms with Gasteiger partial charge in [0.2, 0.25) is 0 Å². The molecular formula is C17H12Cl2N2O2S. The number of nitrogens with zero attached hydrogens (tertiary/aromatic N) is 1. The van der Waals surface area contributed by atoms with Crippen molar-refractivity contribution in [1.29, 1.82) is 0 Å². The predicted molar refractivity (Wildman–Crippen MR) is 98.5 cm³/mol. The molecular weight excluding hydrogens is 367 g/mol. The molecule has 0 aliphatic heterocycles. The van der Waals surface area contributed by atoms with Crippen molar-refractivity contribution in [2.24, 2.45) is 0 Å². The van der Waals surface area contributed by atoms with E-state index in [-0.39, 0.29) is 11.5 Å². The van der Waals surface area contributed by atoms with Crippen LogP contribution >= 0.6 is 34.5 Å². The van der Waals surface area contributed by atoms with Crippen molar-refractivity contribution < 1.29 is 4.79 Å². The summed E-state index contributed by atoms with van der Waals surface area (Å²) in [4.78, 5) is 23.9. The SMILES string of the molecule is O=C(Nc1ccc(Cn2ccccc2=O)cc1)c1cc(Cl)sc1Cl. The molecule has 0 fully saturated rings. The first-order valence-electron chi connectivity index (χ1n) is 7.03. The molecule has 0 spiro atoms. The van der Waals surface area contributed by atoms with Crippen LogP contribution in [0.2, 0.25) is 8.67 Å². The molecule has 0 unspecified atom stereocenters. The molecule has 0 saturated carbocycles. The first kappa shape index (κ1) is 16.8. The molecule has 1 amide bonds. The van der Waals surface area contributed by atoms with Crippen molar-refractivity contribution in [3.63, 3.8) is 0 Å². The summed E-state index contributed by atoms with van der Waals surface area (Å²) in [5.41, 5.74) is 1.89. The lowest BCUT2D eigenvalue weighted by Gasteiger charge is -2.08. The zero-order valence-electron chi connectivity index (χ0n) is 12.3. The third kappa shape index (κ3) is 3.87. The molecule has 1 aromatic carbocycles. The van der Waals surface area contributed by atoms with Gasteiger partial charge in [-0.2, -0.15) is 0 Å². The van der Waals surface area contributed by atoms with Crippen LogP contribution in [0.4, 0.5) is 5.69 Å². The number of anilines is 1. The number of carbonyl (C=O) groups excluding carboxylic acids is 1. The number of hydrogen-bond donors (Lipinski definition) is 1. The van der Waals surface area contributed by atoms with E-state index in [0.717, 1.165) is 16.9 Å². The lowest BCUT2D eigenvalue weighted by Crippen LogP contribution is -2.18. The molecule has 2 aromatic heterocycles. The van der Waals surface area contributed by atoms with Gasteiger partial charge in [-0.25, -0.2) is 0 Å². The number of rotatable bonds is 4. The van der Waals surface area contributed by atoms with Gasteiger partial charge in [0.1, 0.15) is 4.34 Å². The number of aromatic nitrogens is 1. The zero-order chi connectivity index (χ0) is 17.1. The molecule has 0 radical (unpaired) electrons. The van der Waals surface area contributed by atoms with E-state index in [1.807, 2.05) is 18.2 Å². The van der Waals surface area contributed by atoms with Crippen molar-refractivity contribution in [3.8, 4) is 0 Å². The second kappa shape index (κ2) is 7.21. The van der Waals surface area contributed by atoms with E-state index in [1.54, 1.807) is 35.0 Å². The number of hydrogen-bond acceptors (Lipinski definition) is 3. The van der Waals surface area contributed by atoms with Crippen LogP contribution in [-0.2, 0) is 6.54 Å². The maximum atomic E-state index is 12.2. The third-order valence-electron chi connectivity index (χ3n) is 3.37. The Balaban J connectivity index is 1.71. The standard InChI is InChI=1S/C17H12Cl2N2O2S/c18-14-9-13(16(19)24-14)17(23)20-12-6-4-11(5-7-12)10-21-8-2-1-3-15(21)22/h1-9H,10H2,(H,20,23). The topological polar surface area (TPSA) is 51.1 Å². The quantitative estimate of drug-likeness (QED) is 0.725. The van der Waals surface area contributed by atoms with Gasteiger partial charge < -0.3 is 9.88 Å². The molecule has 3 rings (SSSR count). The monoisotopic (exact) mass is 378 g/mol. The molecule has 1 N–H and O–H groups in total. The number of carbonyl (C=O) groups is 1. The van der Waals surface area contributed by atoms with Crippen molar-refractivity contribution in [1.82, 2.24) is 4.57 Å². The van der Waals surface area contributed by atoms with Crippen LogP contribution in [0.5, 0.6) is 0 Å². The van der Waals surface area contributed by atoms with E-state index in [9.17, 15) is 9.59 Å². The average Bonchev–Trinajstić information content (AvgIpc) is 2.90. The van der Waals surface area contributed by atoms with Crippen molar-refractivity contribution >= 4 is 46.1 Å². The number of amides is 1. The van der Waals surface area contributed by atoms with Crippen molar-refractivity contribution in [3.05, 3.63) is 84.9 Å². The summed E-state index contributed by atoms with van der Waals surface area (Å²) in [6.45, 7) is 0.472. The van der Waals surface area contributed by atoms with E-state index in [1.165, 1.54) is 6.07 Å². The summed E-state index contributed by atoms with van der Waals surface area (Å²) in [6, 6.07) is 13.9. The third-order valence-corrected chi connectivity index (χ3v) is 4.85. The van der Waals surface area contributed by atoms with E-state index in [2.05, 4.69) is 5.32 Å². The minimum atomic E-state index is -0.310. The minimum Gasteiger partial charge on any atom is -0.322 e. The Morgan fingerprint density at radius 1 is 1.12 bits per heavy atom. The second-order valence-electron chi connectivity index (χ2n) is 5.06. The summed E-state index contributed by atoms with van der Waals surface area (Å²) < 4.78 is 2.44. The smallest absolute Gasteiger partial charge is 0.258 e. The molecule has 3 aromatic rings. The van der Waals surface area contributed by atoms with Gasteiger partial charge in [-0.1, -0.05) is 41.4 Å². The van der Waals surface area contributed by atoms with Gasteiger partial charge in [0.15, 0.2) is 0 Å². The van der Waals surface area contributed by atoms with Gasteiger partial charge in [-0.15, -0.1) is 11.3 Å². The van der Waals surface area contributed by atoms with Gasteiger partial charge >= 0.3 is 0 Å². The molecule has 0 bridgehead atoms. The molecule has 0 aliphatic rings. The molecule has 7 heteroatoms. The Bertz CT molecular complexity index is 932. The van der Waals surface area contributed by atoms with Gasteiger partial charge in [0.05, 0.1) is 16.4 Å². The van der Waals surface area contributed by atoms with E-state index < -0.39 is 0 Å². The highest BCUT2D eigenvalue weighted by molar-refractivity contribution is 7.20. The lowest BCUT2D eigenvalue weighted by molar-refractivity contribution is 0.102. The first-order valence-corrected chi connectivity index (χ1v) is 8.61. The van der Waals surface area contributed by atoms with E-state index in [0.29, 0.717) is 26.5 Å². The lowest BCUT2D eigenvalue weighted by atomic mass is 10.2. The van der Waals surface area contributed by atoms with Crippen LogP contribution in [0, 0.1) is 0 Å².